The number of aromatic nitrogens is 2. The van der Waals surface area contributed by atoms with Crippen LogP contribution in [0.4, 0.5) is 0 Å². The highest BCUT2D eigenvalue weighted by molar-refractivity contribution is 6.31. The molecule has 5 nitrogen and oxygen atoms in total. The number of nitrogens with zero attached hydrogens (tertiary/aromatic N) is 3. The summed E-state index contributed by atoms with van der Waals surface area (Å²) in [6.45, 7) is 4.98. The molecule has 4 rings (SSSR count). The summed E-state index contributed by atoms with van der Waals surface area (Å²) >= 11 is 6.24. The lowest BCUT2D eigenvalue weighted by Crippen LogP contribution is -2.40. The van der Waals surface area contributed by atoms with Crippen molar-refractivity contribution < 1.29 is 9.59 Å². The minimum Gasteiger partial charge on any atom is -0.339 e. The molecule has 30 heavy (non-hydrogen) atoms. The molecule has 3 aromatic rings. The Balaban J connectivity index is 1.41. The zero-order chi connectivity index (χ0) is 21.3. The van der Waals surface area contributed by atoms with Gasteiger partial charge in [-0.25, -0.2) is 4.68 Å². The van der Waals surface area contributed by atoms with Crippen molar-refractivity contribution in [3.63, 3.8) is 0 Å². The van der Waals surface area contributed by atoms with Crippen LogP contribution in [0.1, 0.15) is 44.9 Å². The average Bonchev–Trinajstić information content (AvgIpc) is 3.06. The Kier molecular flexibility index (Phi) is 5.73. The second-order valence-electron chi connectivity index (χ2n) is 7.74. The maximum Gasteiger partial charge on any atom is 0.253 e. The number of Topliss-reactive ketones (excluding diaryl/α,β-unsaturated/α-hetero) is 1. The highest BCUT2D eigenvalue weighted by Gasteiger charge is 2.28. The molecule has 2 heterocycles. The van der Waals surface area contributed by atoms with Gasteiger partial charge in [0.15, 0.2) is 5.78 Å². The summed E-state index contributed by atoms with van der Waals surface area (Å²) in [4.78, 5) is 27.4. The van der Waals surface area contributed by atoms with Gasteiger partial charge in [0.05, 0.1) is 22.1 Å². The molecular formula is C24H24ClN3O2. The highest BCUT2D eigenvalue weighted by atomic mass is 35.5. The van der Waals surface area contributed by atoms with E-state index in [1.54, 1.807) is 4.68 Å². The Labute approximate surface area is 181 Å². The molecular weight excluding hydrogens is 398 g/mol. The quantitative estimate of drug-likeness (QED) is 0.564. The van der Waals surface area contributed by atoms with Gasteiger partial charge < -0.3 is 4.90 Å². The number of likely N-dealkylation sites (tertiary alicyclic amines) is 1. The molecule has 1 aliphatic rings. The van der Waals surface area contributed by atoms with Gasteiger partial charge >= 0.3 is 0 Å². The second kappa shape index (κ2) is 8.44. The van der Waals surface area contributed by atoms with Gasteiger partial charge in [0.1, 0.15) is 0 Å². The first-order valence-electron chi connectivity index (χ1n) is 10.2. The van der Waals surface area contributed by atoms with Crippen LogP contribution < -0.4 is 0 Å². The smallest absolute Gasteiger partial charge is 0.253 e. The van der Waals surface area contributed by atoms with E-state index >= 15 is 0 Å². The summed E-state index contributed by atoms with van der Waals surface area (Å²) in [5.41, 5.74) is 3.91. The van der Waals surface area contributed by atoms with E-state index in [2.05, 4.69) is 5.10 Å². The monoisotopic (exact) mass is 421 g/mol. The SMILES string of the molecule is Cc1nn(-c2ccc(C(=O)N3CCC(C(=O)c4ccccc4)CC3)cc2)c(C)c1Cl. The molecule has 0 atom stereocenters. The Hall–Kier alpha value is -2.92. The van der Waals surface area contributed by atoms with E-state index < -0.39 is 0 Å². The highest BCUT2D eigenvalue weighted by Crippen LogP contribution is 2.25. The fourth-order valence-electron chi connectivity index (χ4n) is 3.99. The van der Waals surface area contributed by atoms with Crippen molar-refractivity contribution in [1.29, 1.82) is 0 Å². The van der Waals surface area contributed by atoms with Crippen LogP contribution in [0.3, 0.4) is 0 Å². The maximum absolute atomic E-state index is 12.9. The minimum absolute atomic E-state index is 0.00133. The van der Waals surface area contributed by atoms with Gasteiger partial charge in [-0.3, -0.25) is 9.59 Å². The lowest BCUT2D eigenvalue weighted by molar-refractivity contribution is 0.0650. The predicted molar refractivity (Wildman–Crippen MR) is 117 cm³/mol. The van der Waals surface area contributed by atoms with Crippen molar-refractivity contribution in [3.05, 3.63) is 82.1 Å². The van der Waals surface area contributed by atoms with Crippen LogP contribution in [-0.2, 0) is 0 Å². The summed E-state index contributed by atoms with van der Waals surface area (Å²) in [7, 11) is 0. The number of amides is 1. The summed E-state index contributed by atoms with van der Waals surface area (Å²) in [5, 5.41) is 5.11. The van der Waals surface area contributed by atoms with Crippen molar-refractivity contribution in [2.75, 3.05) is 13.1 Å². The largest absolute Gasteiger partial charge is 0.339 e. The van der Waals surface area contributed by atoms with Crippen LogP contribution in [0, 0.1) is 19.8 Å². The molecule has 2 aromatic carbocycles. The van der Waals surface area contributed by atoms with Crippen molar-refractivity contribution in [1.82, 2.24) is 14.7 Å². The first-order valence-corrected chi connectivity index (χ1v) is 10.5. The summed E-state index contributed by atoms with van der Waals surface area (Å²) in [5.74, 6) is 0.156. The Bertz CT molecular complexity index is 1070. The molecule has 1 fully saturated rings. The third kappa shape index (κ3) is 3.90. The third-order valence-corrected chi connectivity index (χ3v) is 6.32. The lowest BCUT2D eigenvalue weighted by atomic mass is 9.88. The number of hydrogen-bond acceptors (Lipinski definition) is 3. The first kappa shape index (κ1) is 20.4. The van der Waals surface area contributed by atoms with E-state index in [0.29, 0.717) is 36.5 Å². The Morgan fingerprint density at radius 2 is 1.57 bits per heavy atom. The van der Waals surface area contributed by atoms with E-state index in [4.69, 9.17) is 11.6 Å². The van der Waals surface area contributed by atoms with Gasteiger partial charge in [-0.2, -0.15) is 5.10 Å². The number of ketones is 1. The fraction of sp³-hybridized carbons (Fsp3) is 0.292. The van der Waals surface area contributed by atoms with Crippen LogP contribution in [0.25, 0.3) is 5.69 Å². The molecule has 0 unspecified atom stereocenters. The number of carbonyl (C=O) groups is 2. The van der Waals surface area contributed by atoms with E-state index in [1.807, 2.05) is 73.3 Å². The molecule has 154 valence electrons. The molecule has 1 amide bonds. The number of benzene rings is 2. The molecule has 6 heteroatoms. The molecule has 0 radical (unpaired) electrons. The number of carbonyl (C=O) groups excluding carboxylic acids is 2. The van der Waals surface area contributed by atoms with Crippen LogP contribution in [0.2, 0.25) is 5.02 Å². The number of rotatable bonds is 4. The number of hydrogen-bond donors (Lipinski definition) is 0. The molecule has 1 saturated heterocycles. The van der Waals surface area contributed by atoms with Gasteiger partial charge in [0.25, 0.3) is 5.91 Å². The van der Waals surface area contributed by atoms with Crippen LogP contribution in [-0.4, -0.2) is 39.5 Å². The van der Waals surface area contributed by atoms with Crippen molar-refractivity contribution in [2.45, 2.75) is 26.7 Å². The minimum atomic E-state index is -0.0189. The number of aryl methyl sites for hydroxylation is 1. The van der Waals surface area contributed by atoms with Crippen molar-refractivity contribution in [2.24, 2.45) is 5.92 Å². The molecule has 0 aliphatic carbocycles. The summed E-state index contributed by atoms with van der Waals surface area (Å²) in [6.07, 6.45) is 1.39. The van der Waals surface area contributed by atoms with Crippen LogP contribution in [0.15, 0.2) is 54.6 Å². The first-order chi connectivity index (χ1) is 14.5. The van der Waals surface area contributed by atoms with E-state index in [9.17, 15) is 9.59 Å². The molecule has 0 bridgehead atoms. The Morgan fingerprint density at radius 3 is 2.13 bits per heavy atom. The standard InChI is InChI=1S/C24H24ClN3O2/c1-16-22(25)17(2)28(26-16)21-10-8-20(9-11-21)24(30)27-14-12-19(13-15-27)23(29)18-6-4-3-5-7-18/h3-11,19H,12-15H2,1-2H3. The molecule has 0 N–H and O–H groups in total. The van der Waals surface area contributed by atoms with Crippen molar-refractivity contribution >= 4 is 23.3 Å². The maximum atomic E-state index is 12.9. The van der Waals surface area contributed by atoms with Crippen LogP contribution >= 0.6 is 11.6 Å². The third-order valence-electron chi connectivity index (χ3n) is 5.77. The number of piperidine rings is 1. The normalized spacial score (nSPS) is 14.7. The van der Waals surface area contributed by atoms with Gasteiger partial charge in [-0.05, 0) is 51.0 Å². The molecule has 1 aromatic heterocycles. The molecule has 1 aliphatic heterocycles. The molecule has 0 spiro atoms. The zero-order valence-electron chi connectivity index (χ0n) is 17.1. The van der Waals surface area contributed by atoms with Gasteiger partial charge in [-0.15, -0.1) is 0 Å². The lowest BCUT2D eigenvalue weighted by Gasteiger charge is -2.31. The topological polar surface area (TPSA) is 55.2 Å². The predicted octanol–water partition coefficient (Wildman–Crippen LogP) is 4.88. The molecule has 0 saturated carbocycles. The fourth-order valence-corrected chi connectivity index (χ4v) is 4.10. The Morgan fingerprint density at radius 1 is 0.933 bits per heavy atom. The van der Waals surface area contributed by atoms with Gasteiger partial charge in [-0.1, -0.05) is 41.9 Å². The second-order valence-corrected chi connectivity index (χ2v) is 8.12. The van der Waals surface area contributed by atoms with Crippen LogP contribution in [0.5, 0.6) is 0 Å². The van der Waals surface area contributed by atoms with E-state index in [-0.39, 0.29) is 17.6 Å². The van der Waals surface area contributed by atoms with E-state index in [0.717, 1.165) is 22.6 Å². The average molecular weight is 422 g/mol. The van der Waals surface area contributed by atoms with Gasteiger partial charge in [0, 0.05) is 30.1 Å². The summed E-state index contributed by atoms with van der Waals surface area (Å²) < 4.78 is 1.78. The summed E-state index contributed by atoms with van der Waals surface area (Å²) in [6, 6.07) is 16.8. The number of halogens is 1. The van der Waals surface area contributed by atoms with Crippen molar-refractivity contribution in [3.8, 4) is 5.69 Å². The zero-order valence-corrected chi connectivity index (χ0v) is 17.9. The van der Waals surface area contributed by atoms with E-state index in [1.165, 1.54) is 0 Å². The van der Waals surface area contributed by atoms with Gasteiger partial charge in [0.2, 0.25) is 0 Å².